The minimum atomic E-state index is 0.910. The second-order valence-electron chi connectivity index (χ2n) is 5.85. The summed E-state index contributed by atoms with van der Waals surface area (Å²) in [6.45, 7) is 6.41. The Hall–Kier alpha value is -1.61. The van der Waals surface area contributed by atoms with Crippen LogP contribution in [0.4, 0.5) is 0 Å². The van der Waals surface area contributed by atoms with Gasteiger partial charge in [0.25, 0.3) is 0 Å². The number of nitrogens with zero attached hydrogens (tertiary/aromatic N) is 2. The van der Waals surface area contributed by atoms with Crippen LogP contribution in [0.5, 0.6) is 0 Å². The van der Waals surface area contributed by atoms with Crippen LogP contribution in [0.2, 0.25) is 0 Å². The Morgan fingerprint density at radius 3 is 2.57 bits per heavy atom. The summed E-state index contributed by atoms with van der Waals surface area (Å²) in [7, 11) is 0. The molecule has 0 spiro atoms. The largest absolute Gasteiger partial charge is 0.311 e. The standard InChI is InChI=1S/C18H25N3/c1-3-5-14-7-9-15(10-8-14)21-17-11-12-19-13-16(17)20-18(21)6-4-2/h7-10,19H,3-6,11-13H2,1-2H3. The first kappa shape index (κ1) is 14.3. The number of fused-ring (bicyclic) bond motifs is 1. The van der Waals surface area contributed by atoms with Crippen molar-refractivity contribution < 1.29 is 0 Å². The number of aryl methyl sites for hydroxylation is 2. The van der Waals surface area contributed by atoms with Gasteiger partial charge in [0.05, 0.1) is 5.69 Å². The van der Waals surface area contributed by atoms with E-state index in [1.807, 2.05) is 0 Å². The third-order valence-corrected chi connectivity index (χ3v) is 4.16. The summed E-state index contributed by atoms with van der Waals surface area (Å²) in [6.07, 6.45) is 5.62. The van der Waals surface area contributed by atoms with Crippen LogP contribution in [0.1, 0.15) is 49.5 Å². The Morgan fingerprint density at radius 1 is 1.10 bits per heavy atom. The van der Waals surface area contributed by atoms with Crippen molar-refractivity contribution in [2.75, 3.05) is 6.54 Å². The van der Waals surface area contributed by atoms with Crippen LogP contribution in [0.25, 0.3) is 5.69 Å². The summed E-state index contributed by atoms with van der Waals surface area (Å²) < 4.78 is 2.40. The van der Waals surface area contributed by atoms with Crippen molar-refractivity contribution in [3.8, 4) is 5.69 Å². The van der Waals surface area contributed by atoms with E-state index < -0.39 is 0 Å². The quantitative estimate of drug-likeness (QED) is 0.911. The van der Waals surface area contributed by atoms with E-state index >= 15 is 0 Å². The molecule has 2 aromatic rings. The Labute approximate surface area is 127 Å². The molecule has 0 saturated heterocycles. The van der Waals surface area contributed by atoms with E-state index in [1.165, 1.54) is 34.9 Å². The van der Waals surface area contributed by atoms with Crippen LogP contribution in [0.15, 0.2) is 24.3 Å². The Balaban J connectivity index is 2.01. The molecule has 2 heterocycles. The molecule has 112 valence electrons. The number of benzene rings is 1. The highest BCUT2D eigenvalue weighted by molar-refractivity contribution is 5.40. The van der Waals surface area contributed by atoms with E-state index in [2.05, 4.69) is 48.0 Å². The SMILES string of the molecule is CCCc1ccc(-n2c(CCC)nc3c2CCNC3)cc1. The van der Waals surface area contributed by atoms with Crippen molar-refractivity contribution in [2.24, 2.45) is 0 Å². The molecule has 0 fully saturated rings. The zero-order chi connectivity index (χ0) is 14.7. The fourth-order valence-electron chi connectivity index (χ4n) is 3.16. The average molecular weight is 283 g/mol. The highest BCUT2D eigenvalue weighted by Crippen LogP contribution is 2.23. The second kappa shape index (κ2) is 6.44. The molecule has 21 heavy (non-hydrogen) atoms. The number of hydrogen-bond acceptors (Lipinski definition) is 2. The summed E-state index contributed by atoms with van der Waals surface area (Å²) >= 11 is 0. The fourth-order valence-corrected chi connectivity index (χ4v) is 3.16. The summed E-state index contributed by atoms with van der Waals surface area (Å²) in [5, 5.41) is 3.43. The van der Waals surface area contributed by atoms with Gasteiger partial charge in [0, 0.05) is 37.3 Å². The highest BCUT2D eigenvalue weighted by Gasteiger charge is 2.20. The van der Waals surface area contributed by atoms with Gasteiger partial charge in [-0.15, -0.1) is 0 Å². The first-order valence-corrected chi connectivity index (χ1v) is 8.22. The molecule has 0 radical (unpaired) electrons. The maximum absolute atomic E-state index is 4.88. The van der Waals surface area contributed by atoms with Crippen molar-refractivity contribution in [1.82, 2.24) is 14.9 Å². The number of rotatable bonds is 5. The van der Waals surface area contributed by atoms with E-state index in [-0.39, 0.29) is 0 Å². The third kappa shape index (κ3) is 2.88. The van der Waals surface area contributed by atoms with Crippen molar-refractivity contribution in [3.63, 3.8) is 0 Å². The van der Waals surface area contributed by atoms with Crippen LogP contribution in [0.3, 0.4) is 0 Å². The maximum Gasteiger partial charge on any atom is 0.113 e. The molecular weight excluding hydrogens is 258 g/mol. The molecule has 0 atom stereocenters. The number of imidazole rings is 1. The van der Waals surface area contributed by atoms with Crippen LogP contribution in [-0.4, -0.2) is 16.1 Å². The Morgan fingerprint density at radius 2 is 1.86 bits per heavy atom. The van der Waals surface area contributed by atoms with Gasteiger partial charge in [-0.1, -0.05) is 32.4 Å². The first-order chi connectivity index (χ1) is 10.3. The zero-order valence-electron chi connectivity index (χ0n) is 13.2. The van der Waals surface area contributed by atoms with Crippen LogP contribution in [-0.2, 0) is 25.8 Å². The van der Waals surface area contributed by atoms with Crippen molar-refractivity contribution in [1.29, 1.82) is 0 Å². The summed E-state index contributed by atoms with van der Waals surface area (Å²) in [4.78, 5) is 4.88. The summed E-state index contributed by atoms with van der Waals surface area (Å²) in [5.74, 6) is 1.22. The van der Waals surface area contributed by atoms with E-state index in [9.17, 15) is 0 Å². The number of nitrogens with one attached hydrogen (secondary N) is 1. The molecule has 1 aromatic heterocycles. The van der Waals surface area contributed by atoms with Crippen LogP contribution >= 0.6 is 0 Å². The monoisotopic (exact) mass is 283 g/mol. The number of aromatic nitrogens is 2. The molecule has 1 aliphatic heterocycles. The molecule has 0 saturated carbocycles. The highest BCUT2D eigenvalue weighted by atomic mass is 15.1. The molecule has 0 bridgehead atoms. The van der Waals surface area contributed by atoms with Gasteiger partial charge in [-0.05, 0) is 30.5 Å². The van der Waals surface area contributed by atoms with Gasteiger partial charge in [-0.2, -0.15) is 0 Å². The van der Waals surface area contributed by atoms with Gasteiger partial charge in [0.15, 0.2) is 0 Å². The van der Waals surface area contributed by atoms with Crippen LogP contribution in [0, 0.1) is 0 Å². The Bertz CT molecular complexity index is 596. The minimum absolute atomic E-state index is 0.910. The lowest BCUT2D eigenvalue weighted by molar-refractivity contribution is 0.619. The number of hydrogen-bond donors (Lipinski definition) is 1. The van der Waals surface area contributed by atoms with Gasteiger partial charge < -0.3 is 9.88 Å². The molecule has 3 rings (SSSR count). The molecule has 1 aliphatic rings. The molecular formula is C18H25N3. The fraction of sp³-hybridized carbons (Fsp3) is 0.500. The predicted molar refractivity (Wildman–Crippen MR) is 87.0 cm³/mol. The summed E-state index contributed by atoms with van der Waals surface area (Å²) in [6, 6.07) is 9.05. The molecule has 0 amide bonds. The lowest BCUT2D eigenvalue weighted by Gasteiger charge is -2.16. The van der Waals surface area contributed by atoms with Gasteiger partial charge >= 0.3 is 0 Å². The van der Waals surface area contributed by atoms with E-state index in [0.717, 1.165) is 38.8 Å². The van der Waals surface area contributed by atoms with E-state index in [1.54, 1.807) is 0 Å². The molecule has 3 heteroatoms. The molecule has 0 unspecified atom stereocenters. The molecule has 1 N–H and O–H groups in total. The topological polar surface area (TPSA) is 29.9 Å². The Kier molecular flexibility index (Phi) is 4.39. The normalized spacial score (nSPS) is 14.2. The van der Waals surface area contributed by atoms with E-state index in [4.69, 9.17) is 4.98 Å². The van der Waals surface area contributed by atoms with Crippen LogP contribution < -0.4 is 5.32 Å². The predicted octanol–water partition coefficient (Wildman–Crippen LogP) is 3.42. The van der Waals surface area contributed by atoms with Crippen molar-refractivity contribution in [3.05, 3.63) is 47.0 Å². The summed E-state index contributed by atoms with van der Waals surface area (Å²) in [5.41, 5.74) is 5.34. The average Bonchev–Trinajstić information content (AvgIpc) is 2.87. The maximum atomic E-state index is 4.88. The van der Waals surface area contributed by atoms with Crippen molar-refractivity contribution >= 4 is 0 Å². The zero-order valence-corrected chi connectivity index (χ0v) is 13.2. The molecule has 1 aromatic carbocycles. The first-order valence-electron chi connectivity index (χ1n) is 8.22. The van der Waals surface area contributed by atoms with Crippen molar-refractivity contribution in [2.45, 2.75) is 52.5 Å². The van der Waals surface area contributed by atoms with Gasteiger partial charge in [-0.25, -0.2) is 4.98 Å². The van der Waals surface area contributed by atoms with E-state index in [0.29, 0.717) is 0 Å². The smallest absolute Gasteiger partial charge is 0.113 e. The van der Waals surface area contributed by atoms with Gasteiger partial charge in [-0.3, -0.25) is 0 Å². The minimum Gasteiger partial charge on any atom is -0.311 e. The molecule has 0 aliphatic carbocycles. The van der Waals surface area contributed by atoms with Gasteiger partial charge in [0.1, 0.15) is 5.82 Å². The second-order valence-corrected chi connectivity index (χ2v) is 5.85. The lowest BCUT2D eigenvalue weighted by Crippen LogP contribution is -2.24. The molecule has 3 nitrogen and oxygen atoms in total. The lowest BCUT2D eigenvalue weighted by atomic mass is 10.1. The third-order valence-electron chi connectivity index (χ3n) is 4.16. The van der Waals surface area contributed by atoms with Gasteiger partial charge in [0.2, 0.25) is 0 Å².